The summed E-state index contributed by atoms with van der Waals surface area (Å²) in [7, 11) is 0. The van der Waals surface area contributed by atoms with Crippen molar-refractivity contribution in [3.63, 3.8) is 0 Å². The van der Waals surface area contributed by atoms with Crippen molar-refractivity contribution in [2.45, 2.75) is 26.9 Å². The van der Waals surface area contributed by atoms with Gasteiger partial charge >= 0.3 is 0 Å². The molecule has 3 aromatic rings. The van der Waals surface area contributed by atoms with Gasteiger partial charge in [0.15, 0.2) is 0 Å². The van der Waals surface area contributed by atoms with Crippen molar-refractivity contribution >= 4 is 11.6 Å². The lowest BCUT2D eigenvalue weighted by molar-refractivity contribution is 1.00. The predicted molar refractivity (Wildman–Crippen MR) is 96.8 cm³/mol. The van der Waals surface area contributed by atoms with Gasteiger partial charge in [-0.25, -0.2) is 9.97 Å². The minimum absolute atomic E-state index is 0.705. The van der Waals surface area contributed by atoms with Crippen molar-refractivity contribution in [2.75, 3.05) is 10.6 Å². The number of benzene rings is 1. The first kappa shape index (κ1) is 15.9. The first-order chi connectivity index (χ1) is 11.7. The fraction of sp³-hybridized carbons (Fsp3) is 0.211. The third kappa shape index (κ3) is 4.52. The summed E-state index contributed by atoms with van der Waals surface area (Å²) in [6, 6.07) is 14.4. The summed E-state index contributed by atoms with van der Waals surface area (Å²) >= 11 is 0. The third-order valence-corrected chi connectivity index (χ3v) is 3.66. The summed E-state index contributed by atoms with van der Waals surface area (Å²) in [5, 5.41) is 6.69. The standard InChI is InChI=1S/C19H21N5/c1-14-3-5-16(6-4-14)12-21-18-11-19(24-15(2)23-18)22-13-17-7-9-20-10-8-17/h3-11H,12-13H2,1-2H3,(H2,21,22,23,24). The zero-order chi connectivity index (χ0) is 16.8. The van der Waals surface area contributed by atoms with Crippen LogP contribution in [0.5, 0.6) is 0 Å². The number of aryl methyl sites for hydroxylation is 2. The second-order valence-corrected chi connectivity index (χ2v) is 5.73. The van der Waals surface area contributed by atoms with Crippen LogP contribution in [-0.2, 0) is 13.1 Å². The Labute approximate surface area is 142 Å². The van der Waals surface area contributed by atoms with Gasteiger partial charge in [0.25, 0.3) is 0 Å². The molecule has 0 amide bonds. The van der Waals surface area contributed by atoms with Gasteiger partial charge in [-0.2, -0.15) is 0 Å². The Bertz CT molecular complexity index is 785. The van der Waals surface area contributed by atoms with E-state index in [1.165, 1.54) is 11.1 Å². The second kappa shape index (κ2) is 7.55. The molecule has 2 N–H and O–H groups in total. The number of aromatic nitrogens is 3. The largest absolute Gasteiger partial charge is 0.366 e. The summed E-state index contributed by atoms with van der Waals surface area (Å²) in [6.45, 7) is 5.43. The number of anilines is 2. The molecule has 5 nitrogen and oxygen atoms in total. The molecule has 3 rings (SSSR count). The first-order valence-corrected chi connectivity index (χ1v) is 7.97. The fourth-order valence-electron chi connectivity index (χ4n) is 2.34. The van der Waals surface area contributed by atoms with Crippen LogP contribution in [0.3, 0.4) is 0 Å². The summed E-state index contributed by atoms with van der Waals surface area (Å²) in [4.78, 5) is 12.9. The maximum atomic E-state index is 4.45. The summed E-state index contributed by atoms with van der Waals surface area (Å²) < 4.78 is 0. The van der Waals surface area contributed by atoms with E-state index in [0.29, 0.717) is 6.54 Å². The van der Waals surface area contributed by atoms with Gasteiger partial charge in [-0.15, -0.1) is 0 Å². The molecule has 0 unspecified atom stereocenters. The molecule has 24 heavy (non-hydrogen) atoms. The van der Waals surface area contributed by atoms with Gasteiger partial charge in [0.1, 0.15) is 17.5 Å². The van der Waals surface area contributed by atoms with Crippen LogP contribution in [0.1, 0.15) is 22.5 Å². The SMILES string of the molecule is Cc1ccc(CNc2cc(NCc3ccncc3)nc(C)n2)cc1. The molecule has 0 radical (unpaired) electrons. The van der Waals surface area contributed by atoms with Gasteiger partial charge in [-0.05, 0) is 37.1 Å². The highest BCUT2D eigenvalue weighted by molar-refractivity contribution is 5.48. The summed E-state index contributed by atoms with van der Waals surface area (Å²) in [6.07, 6.45) is 3.58. The topological polar surface area (TPSA) is 62.7 Å². The number of nitrogens with zero attached hydrogens (tertiary/aromatic N) is 3. The Balaban J connectivity index is 1.63. The van der Waals surface area contributed by atoms with Crippen LogP contribution in [0.2, 0.25) is 0 Å². The van der Waals surface area contributed by atoms with Crippen molar-refractivity contribution in [3.05, 3.63) is 77.4 Å². The van der Waals surface area contributed by atoms with E-state index in [4.69, 9.17) is 0 Å². The van der Waals surface area contributed by atoms with Crippen LogP contribution in [0.15, 0.2) is 54.9 Å². The Morgan fingerprint density at radius 1 is 0.750 bits per heavy atom. The number of hydrogen-bond donors (Lipinski definition) is 2. The van der Waals surface area contributed by atoms with Crippen LogP contribution >= 0.6 is 0 Å². The van der Waals surface area contributed by atoms with Crippen LogP contribution in [0, 0.1) is 13.8 Å². The molecular weight excluding hydrogens is 298 g/mol. The molecule has 0 fully saturated rings. The van der Waals surface area contributed by atoms with E-state index in [0.717, 1.165) is 29.6 Å². The van der Waals surface area contributed by atoms with E-state index in [1.807, 2.05) is 25.1 Å². The highest BCUT2D eigenvalue weighted by Crippen LogP contribution is 2.14. The molecule has 0 saturated carbocycles. The molecule has 0 saturated heterocycles. The van der Waals surface area contributed by atoms with Crippen LogP contribution < -0.4 is 10.6 Å². The van der Waals surface area contributed by atoms with Crippen molar-refractivity contribution in [2.24, 2.45) is 0 Å². The molecule has 2 heterocycles. The number of hydrogen-bond acceptors (Lipinski definition) is 5. The average Bonchev–Trinajstić information content (AvgIpc) is 2.60. The van der Waals surface area contributed by atoms with Crippen molar-refractivity contribution in [1.29, 1.82) is 0 Å². The Kier molecular flexibility index (Phi) is 5.01. The monoisotopic (exact) mass is 319 g/mol. The van der Waals surface area contributed by atoms with E-state index in [2.05, 4.69) is 56.8 Å². The zero-order valence-electron chi connectivity index (χ0n) is 14.0. The van der Waals surface area contributed by atoms with Crippen LogP contribution in [-0.4, -0.2) is 15.0 Å². The molecular formula is C19H21N5. The normalized spacial score (nSPS) is 10.4. The molecule has 0 spiro atoms. The van der Waals surface area contributed by atoms with Gasteiger partial charge in [0.05, 0.1) is 0 Å². The maximum Gasteiger partial charge on any atom is 0.132 e. The molecule has 122 valence electrons. The van der Waals surface area contributed by atoms with Crippen LogP contribution in [0.4, 0.5) is 11.6 Å². The minimum atomic E-state index is 0.705. The second-order valence-electron chi connectivity index (χ2n) is 5.73. The van der Waals surface area contributed by atoms with E-state index < -0.39 is 0 Å². The Morgan fingerprint density at radius 2 is 1.29 bits per heavy atom. The smallest absolute Gasteiger partial charge is 0.132 e. The predicted octanol–water partition coefficient (Wildman–Crippen LogP) is 3.71. The lowest BCUT2D eigenvalue weighted by atomic mass is 10.1. The highest BCUT2D eigenvalue weighted by Gasteiger charge is 2.02. The van der Waals surface area contributed by atoms with Gasteiger partial charge in [0.2, 0.25) is 0 Å². The van der Waals surface area contributed by atoms with Gasteiger partial charge < -0.3 is 10.6 Å². The quantitative estimate of drug-likeness (QED) is 0.725. The maximum absolute atomic E-state index is 4.45. The molecule has 0 atom stereocenters. The van der Waals surface area contributed by atoms with Crippen molar-refractivity contribution < 1.29 is 0 Å². The molecule has 0 aliphatic carbocycles. The minimum Gasteiger partial charge on any atom is -0.366 e. The van der Waals surface area contributed by atoms with Crippen molar-refractivity contribution in [1.82, 2.24) is 15.0 Å². The van der Waals surface area contributed by atoms with E-state index in [9.17, 15) is 0 Å². The summed E-state index contributed by atoms with van der Waals surface area (Å²) in [5.74, 6) is 2.37. The van der Waals surface area contributed by atoms with E-state index in [-0.39, 0.29) is 0 Å². The van der Waals surface area contributed by atoms with Gasteiger partial charge in [-0.3, -0.25) is 4.98 Å². The molecule has 0 aliphatic heterocycles. The average molecular weight is 319 g/mol. The van der Waals surface area contributed by atoms with Gasteiger partial charge in [0, 0.05) is 31.5 Å². The van der Waals surface area contributed by atoms with Gasteiger partial charge in [-0.1, -0.05) is 29.8 Å². The molecule has 5 heteroatoms. The molecule has 0 bridgehead atoms. The Morgan fingerprint density at radius 3 is 1.88 bits per heavy atom. The number of nitrogens with one attached hydrogen (secondary N) is 2. The Hall–Kier alpha value is -2.95. The highest BCUT2D eigenvalue weighted by atomic mass is 15.1. The number of rotatable bonds is 6. The zero-order valence-corrected chi connectivity index (χ0v) is 14.0. The lowest BCUT2D eigenvalue weighted by Crippen LogP contribution is -2.07. The molecule has 2 aromatic heterocycles. The number of pyridine rings is 1. The first-order valence-electron chi connectivity index (χ1n) is 7.97. The van der Waals surface area contributed by atoms with E-state index in [1.54, 1.807) is 12.4 Å². The third-order valence-electron chi connectivity index (χ3n) is 3.66. The van der Waals surface area contributed by atoms with Crippen LogP contribution in [0.25, 0.3) is 0 Å². The fourth-order valence-corrected chi connectivity index (χ4v) is 2.34. The molecule has 1 aromatic carbocycles. The summed E-state index contributed by atoms with van der Waals surface area (Å²) in [5.41, 5.74) is 3.65. The lowest BCUT2D eigenvalue weighted by Gasteiger charge is -2.10. The van der Waals surface area contributed by atoms with Crippen molar-refractivity contribution in [3.8, 4) is 0 Å². The van der Waals surface area contributed by atoms with E-state index >= 15 is 0 Å². The molecule has 0 aliphatic rings.